The molecule has 0 aromatic heterocycles. The molecule has 3 N–H and O–H groups in total. The second-order valence-electron chi connectivity index (χ2n) is 6.42. The number of rotatable bonds is 7. The van der Waals surface area contributed by atoms with Crippen molar-refractivity contribution in [2.45, 2.75) is 57.4 Å². The number of primary amides is 1. The molecule has 0 heterocycles. The number of carbonyl (C=O) groups is 2. The number of nitrogens with two attached hydrogens (primary N) is 1. The number of ether oxygens (including phenoxy) is 1. The van der Waals surface area contributed by atoms with E-state index in [2.05, 4.69) is 5.32 Å². The molecule has 1 aliphatic carbocycles. The van der Waals surface area contributed by atoms with E-state index in [9.17, 15) is 9.59 Å². The predicted molar refractivity (Wildman–Crippen MR) is 94.1 cm³/mol. The Morgan fingerprint density at radius 2 is 2.00 bits per heavy atom. The van der Waals surface area contributed by atoms with Gasteiger partial charge in [-0.05, 0) is 49.9 Å². The van der Waals surface area contributed by atoms with Crippen molar-refractivity contribution in [3.05, 3.63) is 28.8 Å². The van der Waals surface area contributed by atoms with Crippen molar-refractivity contribution in [3.8, 4) is 5.75 Å². The summed E-state index contributed by atoms with van der Waals surface area (Å²) >= 11 is 5.97. The van der Waals surface area contributed by atoms with Gasteiger partial charge in [0.05, 0.1) is 6.61 Å². The molecule has 5 nitrogen and oxygen atoms in total. The van der Waals surface area contributed by atoms with Gasteiger partial charge in [-0.15, -0.1) is 0 Å². The predicted octanol–water partition coefficient (Wildman–Crippen LogP) is 3.11. The highest BCUT2D eigenvalue weighted by Crippen LogP contribution is 2.28. The number of halogens is 1. The van der Waals surface area contributed by atoms with Gasteiger partial charge >= 0.3 is 0 Å². The summed E-state index contributed by atoms with van der Waals surface area (Å²) in [5.74, 6) is 0.160. The van der Waals surface area contributed by atoms with Crippen LogP contribution in [0.25, 0.3) is 0 Å². The second-order valence-corrected chi connectivity index (χ2v) is 6.83. The van der Waals surface area contributed by atoms with E-state index in [4.69, 9.17) is 22.1 Å². The number of nitrogens with one attached hydrogen (secondary N) is 1. The first-order valence-electron chi connectivity index (χ1n) is 8.43. The Bertz CT molecular complexity index is 598. The molecule has 0 unspecified atom stereocenters. The van der Waals surface area contributed by atoms with Crippen molar-refractivity contribution >= 4 is 23.4 Å². The Labute approximate surface area is 147 Å². The zero-order valence-corrected chi connectivity index (χ0v) is 14.8. The first kappa shape index (κ1) is 18.6. The first-order chi connectivity index (χ1) is 11.4. The van der Waals surface area contributed by atoms with Crippen LogP contribution < -0.4 is 15.8 Å². The summed E-state index contributed by atoms with van der Waals surface area (Å²) in [6.07, 6.45) is 5.07. The standard InChI is InChI=1S/C18H25ClN2O3/c1-13-12-14(7-8-15(13)19)24-11-5-6-16(22)21-18(17(20)23)9-3-2-4-10-18/h7-8,12H,2-6,9-11H2,1H3,(H2,20,23)(H,21,22). The van der Waals surface area contributed by atoms with E-state index < -0.39 is 11.4 Å². The molecule has 24 heavy (non-hydrogen) atoms. The highest BCUT2D eigenvalue weighted by atomic mass is 35.5. The highest BCUT2D eigenvalue weighted by molar-refractivity contribution is 6.31. The number of carbonyl (C=O) groups excluding carboxylic acids is 2. The smallest absolute Gasteiger partial charge is 0.243 e. The van der Waals surface area contributed by atoms with Gasteiger partial charge in [-0.1, -0.05) is 30.9 Å². The molecule has 132 valence electrons. The summed E-state index contributed by atoms with van der Waals surface area (Å²) in [6.45, 7) is 2.34. The Morgan fingerprint density at radius 3 is 2.62 bits per heavy atom. The van der Waals surface area contributed by atoms with Gasteiger partial charge < -0.3 is 15.8 Å². The molecule has 0 atom stereocenters. The Balaban J connectivity index is 1.76. The van der Waals surface area contributed by atoms with Crippen molar-refractivity contribution in [3.63, 3.8) is 0 Å². The molecule has 0 aliphatic heterocycles. The van der Waals surface area contributed by atoms with Crippen LogP contribution in [0.15, 0.2) is 18.2 Å². The number of amides is 2. The summed E-state index contributed by atoms with van der Waals surface area (Å²) < 4.78 is 5.62. The van der Waals surface area contributed by atoms with E-state index in [1.165, 1.54) is 0 Å². The number of benzene rings is 1. The van der Waals surface area contributed by atoms with Crippen LogP contribution in [-0.4, -0.2) is 24.0 Å². The fourth-order valence-electron chi connectivity index (χ4n) is 3.05. The minimum Gasteiger partial charge on any atom is -0.494 e. The van der Waals surface area contributed by atoms with Crippen LogP contribution in [0.2, 0.25) is 5.02 Å². The van der Waals surface area contributed by atoms with E-state index >= 15 is 0 Å². The highest BCUT2D eigenvalue weighted by Gasteiger charge is 2.38. The Kier molecular flexibility index (Phi) is 6.49. The quantitative estimate of drug-likeness (QED) is 0.740. The van der Waals surface area contributed by atoms with E-state index in [0.717, 1.165) is 30.6 Å². The van der Waals surface area contributed by atoms with E-state index in [-0.39, 0.29) is 5.91 Å². The number of hydrogen-bond donors (Lipinski definition) is 2. The molecule has 2 amide bonds. The third-order valence-corrected chi connectivity index (χ3v) is 4.93. The van der Waals surface area contributed by atoms with Crippen LogP contribution in [0.4, 0.5) is 0 Å². The van der Waals surface area contributed by atoms with Crippen molar-refractivity contribution in [1.82, 2.24) is 5.32 Å². The van der Waals surface area contributed by atoms with Gasteiger partial charge in [0.25, 0.3) is 0 Å². The van der Waals surface area contributed by atoms with Crippen molar-refractivity contribution in [2.75, 3.05) is 6.61 Å². The molecule has 1 aromatic rings. The molecule has 0 bridgehead atoms. The average molecular weight is 353 g/mol. The maximum atomic E-state index is 12.1. The lowest BCUT2D eigenvalue weighted by Crippen LogP contribution is -2.58. The van der Waals surface area contributed by atoms with Gasteiger partial charge in [0.1, 0.15) is 11.3 Å². The molecular formula is C18H25ClN2O3. The lowest BCUT2D eigenvalue weighted by Gasteiger charge is -2.35. The normalized spacial score (nSPS) is 16.4. The third kappa shape index (κ3) is 4.87. The van der Waals surface area contributed by atoms with Gasteiger partial charge in [0, 0.05) is 11.4 Å². The maximum Gasteiger partial charge on any atom is 0.243 e. The molecule has 6 heteroatoms. The number of hydrogen-bond acceptors (Lipinski definition) is 3. The minimum absolute atomic E-state index is 0.147. The summed E-state index contributed by atoms with van der Waals surface area (Å²) in [7, 11) is 0. The van der Waals surface area contributed by atoms with E-state index in [1.807, 2.05) is 13.0 Å². The van der Waals surface area contributed by atoms with Crippen LogP contribution in [0.3, 0.4) is 0 Å². The Hall–Kier alpha value is -1.75. The van der Waals surface area contributed by atoms with Crippen LogP contribution in [0.5, 0.6) is 5.75 Å². The molecule has 2 rings (SSSR count). The first-order valence-corrected chi connectivity index (χ1v) is 8.81. The molecule has 1 aromatic carbocycles. The molecule has 0 radical (unpaired) electrons. The molecule has 1 saturated carbocycles. The van der Waals surface area contributed by atoms with Crippen molar-refractivity contribution in [2.24, 2.45) is 5.73 Å². The summed E-state index contributed by atoms with van der Waals surface area (Å²) in [4.78, 5) is 23.9. The molecule has 0 spiro atoms. The lowest BCUT2D eigenvalue weighted by molar-refractivity contribution is -0.133. The zero-order chi connectivity index (χ0) is 17.6. The van der Waals surface area contributed by atoms with Gasteiger partial charge in [-0.3, -0.25) is 9.59 Å². The van der Waals surface area contributed by atoms with Gasteiger partial charge in [-0.25, -0.2) is 0 Å². The van der Waals surface area contributed by atoms with Crippen molar-refractivity contribution < 1.29 is 14.3 Å². The molecular weight excluding hydrogens is 328 g/mol. The van der Waals surface area contributed by atoms with Crippen LogP contribution in [0.1, 0.15) is 50.5 Å². The summed E-state index contributed by atoms with van der Waals surface area (Å²) in [5, 5.41) is 3.56. The van der Waals surface area contributed by atoms with Crippen LogP contribution in [-0.2, 0) is 9.59 Å². The molecule has 0 saturated heterocycles. The van der Waals surface area contributed by atoms with Crippen LogP contribution in [0, 0.1) is 6.92 Å². The largest absolute Gasteiger partial charge is 0.494 e. The maximum absolute atomic E-state index is 12.1. The number of aryl methyl sites for hydroxylation is 1. The fraction of sp³-hybridized carbons (Fsp3) is 0.556. The molecule has 1 aliphatic rings. The second kappa shape index (κ2) is 8.38. The lowest BCUT2D eigenvalue weighted by atomic mass is 9.81. The zero-order valence-electron chi connectivity index (χ0n) is 14.1. The van der Waals surface area contributed by atoms with Gasteiger partial charge in [0.2, 0.25) is 11.8 Å². The minimum atomic E-state index is -0.858. The summed E-state index contributed by atoms with van der Waals surface area (Å²) in [6, 6.07) is 5.46. The van der Waals surface area contributed by atoms with E-state index in [1.54, 1.807) is 12.1 Å². The monoisotopic (exact) mass is 352 g/mol. The third-order valence-electron chi connectivity index (χ3n) is 4.50. The van der Waals surface area contributed by atoms with E-state index in [0.29, 0.717) is 37.3 Å². The summed E-state index contributed by atoms with van der Waals surface area (Å²) in [5.41, 5.74) is 5.61. The van der Waals surface area contributed by atoms with Crippen molar-refractivity contribution in [1.29, 1.82) is 0 Å². The fourth-order valence-corrected chi connectivity index (χ4v) is 3.16. The SMILES string of the molecule is Cc1cc(OCCCC(=O)NC2(C(N)=O)CCCCC2)ccc1Cl. The van der Waals surface area contributed by atoms with Crippen LogP contribution >= 0.6 is 11.6 Å². The average Bonchev–Trinajstić information content (AvgIpc) is 2.55. The Morgan fingerprint density at radius 1 is 1.29 bits per heavy atom. The molecule has 1 fully saturated rings. The van der Waals surface area contributed by atoms with Gasteiger partial charge in [-0.2, -0.15) is 0 Å². The van der Waals surface area contributed by atoms with Gasteiger partial charge in [0.15, 0.2) is 0 Å². The topological polar surface area (TPSA) is 81.4 Å².